The molecule has 104 valence electrons. The standard InChI is InChI=1S/C12H19Cl2NO2S/c1-10-3-4-12(11(2)9-10)18(16,17)15(7-5-13)8-6-14/h3-4,9,11-12H,5-8H2,1-2H3. The second-order valence-corrected chi connectivity index (χ2v) is 7.26. The van der Waals surface area contributed by atoms with Crippen LogP contribution in [0.4, 0.5) is 0 Å². The minimum atomic E-state index is -3.39. The van der Waals surface area contributed by atoms with E-state index in [9.17, 15) is 8.42 Å². The fourth-order valence-corrected chi connectivity index (χ4v) is 4.63. The second-order valence-electron chi connectivity index (χ2n) is 4.42. The molecule has 0 fully saturated rings. The molecule has 0 saturated carbocycles. The maximum Gasteiger partial charge on any atom is 0.221 e. The highest BCUT2D eigenvalue weighted by atomic mass is 35.5. The van der Waals surface area contributed by atoms with Crippen LogP contribution in [0.1, 0.15) is 13.8 Å². The SMILES string of the molecule is CC1=CC(C)C(S(=O)(=O)N(CCCl)CCCl)C=C1. The molecule has 1 aliphatic carbocycles. The van der Waals surface area contributed by atoms with Crippen LogP contribution in [0.15, 0.2) is 23.8 Å². The number of sulfonamides is 1. The Labute approximate surface area is 119 Å². The molecule has 0 aromatic carbocycles. The Kier molecular flexibility index (Phi) is 6.18. The number of alkyl halides is 2. The summed E-state index contributed by atoms with van der Waals surface area (Å²) < 4.78 is 26.4. The maximum atomic E-state index is 12.5. The first-order valence-corrected chi connectivity index (χ1v) is 8.48. The van der Waals surface area contributed by atoms with E-state index in [1.54, 1.807) is 6.08 Å². The van der Waals surface area contributed by atoms with Crippen molar-refractivity contribution in [3.63, 3.8) is 0 Å². The lowest BCUT2D eigenvalue weighted by molar-refractivity contribution is 0.436. The van der Waals surface area contributed by atoms with Gasteiger partial charge in [-0.3, -0.25) is 0 Å². The summed E-state index contributed by atoms with van der Waals surface area (Å²) in [5.41, 5.74) is 1.09. The van der Waals surface area contributed by atoms with Crippen molar-refractivity contribution in [3.8, 4) is 0 Å². The quantitative estimate of drug-likeness (QED) is 0.707. The fraction of sp³-hybridized carbons (Fsp3) is 0.667. The first-order chi connectivity index (χ1) is 8.43. The van der Waals surface area contributed by atoms with Crippen molar-refractivity contribution in [1.29, 1.82) is 0 Å². The number of allylic oxidation sites excluding steroid dienone is 3. The van der Waals surface area contributed by atoms with Crippen molar-refractivity contribution in [2.24, 2.45) is 5.92 Å². The van der Waals surface area contributed by atoms with Crippen LogP contribution in [0.3, 0.4) is 0 Å². The number of nitrogens with zero attached hydrogens (tertiary/aromatic N) is 1. The molecule has 1 rings (SSSR count). The van der Waals surface area contributed by atoms with Crippen molar-refractivity contribution in [2.45, 2.75) is 19.1 Å². The third-order valence-corrected chi connectivity index (χ3v) is 5.66. The summed E-state index contributed by atoms with van der Waals surface area (Å²) in [6.45, 7) is 4.48. The molecule has 0 heterocycles. The summed E-state index contributed by atoms with van der Waals surface area (Å²) in [4.78, 5) is 0. The Balaban J connectivity index is 2.95. The number of hydrogen-bond acceptors (Lipinski definition) is 2. The Bertz CT molecular complexity index is 425. The molecule has 0 aromatic heterocycles. The van der Waals surface area contributed by atoms with E-state index in [-0.39, 0.29) is 17.7 Å². The predicted molar refractivity (Wildman–Crippen MR) is 77.8 cm³/mol. The molecule has 3 nitrogen and oxygen atoms in total. The molecule has 18 heavy (non-hydrogen) atoms. The Morgan fingerprint density at radius 2 is 1.83 bits per heavy atom. The van der Waals surface area contributed by atoms with Gasteiger partial charge in [-0.2, -0.15) is 4.31 Å². The molecular formula is C12H19Cl2NO2S. The number of rotatable bonds is 6. The highest BCUT2D eigenvalue weighted by molar-refractivity contribution is 7.89. The van der Waals surface area contributed by atoms with E-state index in [2.05, 4.69) is 0 Å². The van der Waals surface area contributed by atoms with E-state index in [0.29, 0.717) is 13.1 Å². The van der Waals surface area contributed by atoms with E-state index in [1.807, 2.05) is 26.0 Å². The average Bonchev–Trinajstić information content (AvgIpc) is 2.28. The normalized spacial score (nSPS) is 24.4. The van der Waals surface area contributed by atoms with Gasteiger partial charge in [-0.15, -0.1) is 23.2 Å². The van der Waals surface area contributed by atoms with E-state index in [1.165, 1.54) is 4.31 Å². The third-order valence-electron chi connectivity index (χ3n) is 2.96. The van der Waals surface area contributed by atoms with Crippen molar-refractivity contribution in [2.75, 3.05) is 24.8 Å². The monoisotopic (exact) mass is 311 g/mol. The predicted octanol–water partition coefficient (Wildman–Crippen LogP) is 2.62. The largest absolute Gasteiger partial charge is 0.221 e. The molecule has 6 heteroatoms. The Hall–Kier alpha value is -0.0300. The smallest absolute Gasteiger partial charge is 0.212 e. The van der Waals surface area contributed by atoms with Crippen LogP contribution in [0, 0.1) is 5.92 Å². The number of halogens is 2. The lowest BCUT2D eigenvalue weighted by Gasteiger charge is -2.29. The zero-order valence-electron chi connectivity index (χ0n) is 10.6. The summed E-state index contributed by atoms with van der Waals surface area (Å²) >= 11 is 11.3. The highest BCUT2D eigenvalue weighted by Gasteiger charge is 2.33. The summed E-state index contributed by atoms with van der Waals surface area (Å²) in [6, 6.07) is 0. The Morgan fingerprint density at radius 1 is 1.28 bits per heavy atom. The summed E-state index contributed by atoms with van der Waals surface area (Å²) in [5.74, 6) is 0.513. The van der Waals surface area contributed by atoms with Crippen LogP contribution in [-0.2, 0) is 10.0 Å². The molecule has 0 bridgehead atoms. The summed E-state index contributed by atoms with van der Waals surface area (Å²) in [6.07, 6.45) is 5.58. The van der Waals surface area contributed by atoms with Crippen molar-refractivity contribution in [1.82, 2.24) is 4.31 Å². The first-order valence-electron chi connectivity index (χ1n) is 5.91. The van der Waals surface area contributed by atoms with E-state index < -0.39 is 15.3 Å². The van der Waals surface area contributed by atoms with Crippen LogP contribution < -0.4 is 0 Å². The molecule has 0 N–H and O–H groups in total. The molecule has 2 unspecified atom stereocenters. The van der Waals surface area contributed by atoms with Crippen LogP contribution in [-0.4, -0.2) is 42.8 Å². The van der Waals surface area contributed by atoms with Gasteiger partial charge in [0.2, 0.25) is 10.0 Å². The van der Waals surface area contributed by atoms with Gasteiger partial charge in [0.25, 0.3) is 0 Å². The molecule has 1 aliphatic rings. The fourth-order valence-electron chi connectivity index (χ4n) is 2.08. The Morgan fingerprint density at radius 3 is 2.28 bits per heavy atom. The molecule has 0 saturated heterocycles. The van der Waals surface area contributed by atoms with Gasteiger partial charge in [0.15, 0.2) is 0 Å². The van der Waals surface area contributed by atoms with Gasteiger partial charge in [-0.25, -0.2) is 8.42 Å². The minimum absolute atomic E-state index is 0.0341. The average molecular weight is 312 g/mol. The van der Waals surface area contributed by atoms with Crippen LogP contribution in [0.5, 0.6) is 0 Å². The summed E-state index contributed by atoms with van der Waals surface area (Å²) in [7, 11) is -3.39. The van der Waals surface area contributed by atoms with Crippen LogP contribution in [0.25, 0.3) is 0 Å². The van der Waals surface area contributed by atoms with Gasteiger partial charge >= 0.3 is 0 Å². The van der Waals surface area contributed by atoms with E-state index >= 15 is 0 Å². The van der Waals surface area contributed by atoms with E-state index in [0.717, 1.165) is 5.57 Å². The van der Waals surface area contributed by atoms with Gasteiger partial charge in [0, 0.05) is 24.8 Å². The maximum absolute atomic E-state index is 12.5. The third kappa shape index (κ3) is 3.73. The second kappa shape index (κ2) is 6.94. The minimum Gasteiger partial charge on any atom is -0.212 e. The highest BCUT2D eigenvalue weighted by Crippen LogP contribution is 2.25. The topological polar surface area (TPSA) is 37.4 Å². The van der Waals surface area contributed by atoms with Crippen molar-refractivity contribution in [3.05, 3.63) is 23.8 Å². The van der Waals surface area contributed by atoms with Gasteiger partial charge in [-0.1, -0.05) is 30.7 Å². The van der Waals surface area contributed by atoms with Gasteiger partial charge in [0.1, 0.15) is 0 Å². The molecule has 0 amide bonds. The molecule has 0 aromatic rings. The van der Waals surface area contributed by atoms with Crippen molar-refractivity contribution < 1.29 is 8.42 Å². The zero-order valence-corrected chi connectivity index (χ0v) is 13.0. The van der Waals surface area contributed by atoms with Crippen LogP contribution >= 0.6 is 23.2 Å². The first kappa shape index (κ1) is 16.0. The number of hydrogen-bond donors (Lipinski definition) is 0. The molecule has 0 aliphatic heterocycles. The lowest BCUT2D eigenvalue weighted by atomic mass is 9.98. The van der Waals surface area contributed by atoms with Gasteiger partial charge < -0.3 is 0 Å². The molecule has 0 spiro atoms. The van der Waals surface area contributed by atoms with Crippen molar-refractivity contribution >= 4 is 33.2 Å². The van der Waals surface area contributed by atoms with Crippen LogP contribution in [0.2, 0.25) is 0 Å². The lowest BCUT2D eigenvalue weighted by Crippen LogP contribution is -2.43. The molecule has 0 radical (unpaired) electrons. The summed E-state index contributed by atoms with van der Waals surface area (Å²) in [5, 5.41) is -0.521. The van der Waals surface area contributed by atoms with E-state index in [4.69, 9.17) is 23.2 Å². The molecular weight excluding hydrogens is 293 g/mol. The van der Waals surface area contributed by atoms with Gasteiger partial charge in [-0.05, 0) is 12.8 Å². The zero-order chi connectivity index (χ0) is 13.8. The van der Waals surface area contributed by atoms with Gasteiger partial charge in [0.05, 0.1) is 5.25 Å². The molecule has 2 atom stereocenters.